The van der Waals surface area contributed by atoms with Gasteiger partial charge in [0.2, 0.25) is 5.78 Å². The van der Waals surface area contributed by atoms with E-state index >= 15 is 0 Å². The third-order valence-electron chi connectivity index (χ3n) is 4.70. The van der Waals surface area contributed by atoms with Crippen molar-refractivity contribution in [1.82, 2.24) is 9.80 Å². The SMILES string of the molecule is COc1ccc(C(=O)N2CCN(C(=O)C(=O)c3ccc(C)cc3)CC2)cc1. The molecule has 2 aromatic rings. The van der Waals surface area contributed by atoms with Gasteiger partial charge in [0.15, 0.2) is 0 Å². The van der Waals surface area contributed by atoms with Crippen LogP contribution in [0.5, 0.6) is 5.75 Å². The van der Waals surface area contributed by atoms with Crippen molar-refractivity contribution in [3.63, 3.8) is 0 Å². The molecule has 0 aliphatic carbocycles. The molecule has 6 nitrogen and oxygen atoms in total. The van der Waals surface area contributed by atoms with Crippen LogP contribution < -0.4 is 4.74 Å². The number of carbonyl (C=O) groups excluding carboxylic acids is 3. The summed E-state index contributed by atoms with van der Waals surface area (Å²) in [6, 6.07) is 13.9. The fraction of sp³-hybridized carbons (Fsp3) is 0.286. The average molecular weight is 366 g/mol. The van der Waals surface area contributed by atoms with Crippen LogP contribution in [0.2, 0.25) is 0 Å². The highest BCUT2D eigenvalue weighted by atomic mass is 16.5. The van der Waals surface area contributed by atoms with Gasteiger partial charge in [-0.2, -0.15) is 0 Å². The molecule has 0 N–H and O–H groups in total. The van der Waals surface area contributed by atoms with Gasteiger partial charge in [0, 0.05) is 37.3 Å². The van der Waals surface area contributed by atoms with Crippen LogP contribution in [-0.4, -0.2) is 60.7 Å². The predicted molar refractivity (Wildman–Crippen MR) is 101 cm³/mol. The van der Waals surface area contributed by atoms with Gasteiger partial charge < -0.3 is 14.5 Å². The van der Waals surface area contributed by atoms with E-state index in [1.165, 1.54) is 4.90 Å². The lowest BCUT2D eigenvalue weighted by Crippen LogP contribution is -2.52. The zero-order chi connectivity index (χ0) is 19.4. The minimum Gasteiger partial charge on any atom is -0.497 e. The molecule has 1 aliphatic heterocycles. The minimum atomic E-state index is -0.518. The van der Waals surface area contributed by atoms with Gasteiger partial charge in [0.05, 0.1) is 7.11 Å². The van der Waals surface area contributed by atoms with Gasteiger partial charge in [0.25, 0.3) is 11.8 Å². The average Bonchev–Trinajstić information content (AvgIpc) is 2.73. The molecule has 1 fully saturated rings. The second kappa shape index (κ2) is 8.03. The largest absolute Gasteiger partial charge is 0.497 e. The van der Waals surface area contributed by atoms with E-state index in [9.17, 15) is 14.4 Å². The van der Waals surface area contributed by atoms with Crippen LogP contribution in [0, 0.1) is 6.92 Å². The third-order valence-corrected chi connectivity index (χ3v) is 4.70. The molecule has 27 heavy (non-hydrogen) atoms. The first-order chi connectivity index (χ1) is 13.0. The molecule has 0 spiro atoms. The third kappa shape index (κ3) is 4.16. The molecule has 0 atom stereocenters. The second-order valence-corrected chi connectivity index (χ2v) is 6.51. The van der Waals surface area contributed by atoms with E-state index in [4.69, 9.17) is 4.74 Å². The molecule has 0 saturated carbocycles. The van der Waals surface area contributed by atoms with E-state index in [-0.39, 0.29) is 5.91 Å². The smallest absolute Gasteiger partial charge is 0.295 e. The summed E-state index contributed by atoms with van der Waals surface area (Å²) in [5, 5.41) is 0. The van der Waals surface area contributed by atoms with E-state index in [0.717, 1.165) is 5.56 Å². The summed E-state index contributed by atoms with van der Waals surface area (Å²) < 4.78 is 5.10. The van der Waals surface area contributed by atoms with Gasteiger partial charge in [-0.3, -0.25) is 14.4 Å². The molecule has 2 amide bonds. The van der Waals surface area contributed by atoms with E-state index in [1.807, 2.05) is 19.1 Å². The van der Waals surface area contributed by atoms with Gasteiger partial charge >= 0.3 is 0 Å². The van der Waals surface area contributed by atoms with Crippen molar-refractivity contribution in [3.8, 4) is 5.75 Å². The molecule has 0 aromatic heterocycles. The lowest BCUT2D eigenvalue weighted by Gasteiger charge is -2.34. The second-order valence-electron chi connectivity index (χ2n) is 6.51. The number of methoxy groups -OCH3 is 1. The van der Waals surface area contributed by atoms with E-state index in [1.54, 1.807) is 48.4 Å². The van der Waals surface area contributed by atoms with Crippen molar-refractivity contribution in [2.24, 2.45) is 0 Å². The van der Waals surface area contributed by atoms with Crippen LogP contribution in [0.1, 0.15) is 26.3 Å². The Morgan fingerprint density at radius 1 is 0.778 bits per heavy atom. The highest BCUT2D eigenvalue weighted by Gasteiger charge is 2.28. The van der Waals surface area contributed by atoms with Gasteiger partial charge in [0.1, 0.15) is 5.75 Å². The number of rotatable bonds is 4. The monoisotopic (exact) mass is 366 g/mol. The minimum absolute atomic E-state index is 0.0883. The first kappa shape index (κ1) is 18.6. The highest BCUT2D eigenvalue weighted by Crippen LogP contribution is 2.15. The van der Waals surface area contributed by atoms with Crippen molar-refractivity contribution in [1.29, 1.82) is 0 Å². The van der Waals surface area contributed by atoms with Crippen LogP contribution in [0.15, 0.2) is 48.5 Å². The Morgan fingerprint density at radius 2 is 1.30 bits per heavy atom. The summed E-state index contributed by atoms with van der Waals surface area (Å²) in [6.07, 6.45) is 0. The van der Waals surface area contributed by atoms with Crippen molar-refractivity contribution in [2.75, 3.05) is 33.3 Å². The summed E-state index contributed by atoms with van der Waals surface area (Å²) in [7, 11) is 1.57. The number of benzene rings is 2. The molecular formula is C21H22N2O4. The Morgan fingerprint density at radius 3 is 1.85 bits per heavy atom. The number of carbonyl (C=O) groups is 3. The number of ketones is 1. The number of nitrogens with zero attached hydrogens (tertiary/aromatic N) is 2. The number of hydrogen-bond donors (Lipinski definition) is 0. The summed E-state index contributed by atoms with van der Waals surface area (Å²) >= 11 is 0. The zero-order valence-electron chi connectivity index (χ0n) is 15.5. The molecule has 1 aliphatic rings. The van der Waals surface area contributed by atoms with Gasteiger partial charge in [-0.05, 0) is 31.2 Å². The molecule has 0 bridgehead atoms. The fourth-order valence-electron chi connectivity index (χ4n) is 3.00. The van der Waals surface area contributed by atoms with Crippen molar-refractivity contribution in [2.45, 2.75) is 6.92 Å². The molecule has 6 heteroatoms. The van der Waals surface area contributed by atoms with Crippen LogP contribution in [0.3, 0.4) is 0 Å². The first-order valence-corrected chi connectivity index (χ1v) is 8.83. The molecule has 0 unspecified atom stereocenters. The Labute approximate surface area is 158 Å². The van der Waals surface area contributed by atoms with Crippen LogP contribution in [0.25, 0.3) is 0 Å². The van der Waals surface area contributed by atoms with Crippen LogP contribution >= 0.6 is 0 Å². The van der Waals surface area contributed by atoms with Crippen molar-refractivity contribution < 1.29 is 19.1 Å². The number of piperazine rings is 1. The maximum Gasteiger partial charge on any atom is 0.295 e. The molecule has 0 radical (unpaired) electrons. The molecule has 1 heterocycles. The Bertz CT molecular complexity index is 835. The normalized spacial score (nSPS) is 14.0. The number of ether oxygens (including phenoxy) is 1. The molecular weight excluding hydrogens is 344 g/mol. The summed E-state index contributed by atoms with van der Waals surface area (Å²) in [5.41, 5.74) is 2.00. The summed E-state index contributed by atoms with van der Waals surface area (Å²) in [5.74, 6) is -0.425. The predicted octanol–water partition coefficient (Wildman–Crippen LogP) is 2.17. The summed E-state index contributed by atoms with van der Waals surface area (Å²) in [4.78, 5) is 40.6. The topological polar surface area (TPSA) is 66.9 Å². The number of Topliss-reactive ketones (excluding diaryl/α,β-unsaturated/α-hetero) is 1. The zero-order valence-corrected chi connectivity index (χ0v) is 15.5. The van der Waals surface area contributed by atoms with E-state index in [2.05, 4.69) is 0 Å². The van der Waals surface area contributed by atoms with Gasteiger partial charge in [-0.15, -0.1) is 0 Å². The first-order valence-electron chi connectivity index (χ1n) is 8.83. The quantitative estimate of drug-likeness (QED) is 0.614. The van der Waals surface area contributed by atoms with Gasteiger partial charge in [-0.25, -0.2) is 0 Å². The molecule has 140 valence electrons. The Balaban J connectivity index is 1.59. The number of hydrogen-bond acceptors (Lipinski definition) is 4. The summed E-state index contributed by atoms with van der Waals surface area (Å²) in [6.45, 7) is 3.42. The molecule has 3 rings (SSSR count). The number of aryl methyl sites for hydroxylation is 1. The van der Waals surface area contributed by atoms with Crippen LogP contribution in [-0.2, 0) is 4.79 Å². The lowest BCUT2D eigenvalue weighted by molar-refractivity contribution is -0.127. The Kier molecular flexibility index (Phi) is 5.54. The van der Waals surface area contributed by atoms with Crippen LogP contribution in [0.4, 0.5) is 0 Å². The van der Waals surface area contributed by atoms with Crippen molar-refractivity contribution in [3.05, 3.63) is 65.2 Å². The Hall–Kier alpha value is -3.15. The van der Waals surface area contributed by atoms with Crippen molar-refractivity contribution >= 4 is 17.6 Å². The van der Waals surface area contributed by atoms with E-state index < -0.39 is 11.7 Å². The fourth-order valence-corrected chi connectivity index (χ4v) is 3.00. The maximum absolute atomic E-state index is 12.6. The molecule has 2 aromatic carbocycles. The highest BCUT2D eigenvalue weighted by molar-refractivity contribution is 6.42. The van der Waals surface area contributed by atoms with Gasteiger partial charge in [-0.1, -0.05) is 29.8 Å². The lowest BCUT2D eigenvalue weighted by atomic mass is 10.1. The standard InChI is InChI=1S/C21H22N2O4/c1-15-3-5-16(6-4-15)19(24)21(26)23-13-11-22(12-14-23)20(25)17-7-9-18(27-2)10-8-17/h3-10H,11-14H2,1-2H3. The number of amides is 2. The van der Waals surface area contributed by atoms with E-state index in [0.29, 0.717) is 43.1 Å². The molecule has 1 saturated heterocycles. The maximum atomic E-state index is 12.6.